The minimum Gasteiger partial charge on any atom is -0.348 e. The zero-order valence-electron chi connectivity index (χ0n) is 13.2. The molecule has 2 aromatic rings. The van der Waals surface area contributed by atoms with Crippen molar-refractivity contribution in [2.24, 2.45) is 17.6 Å². The van der Waals surface area contributed by atoms with Gasteiger partial charge in [-0.25, -0.2) is 0 Å². The number of carbonyl (C=O) groups excluding carboxylic acids is 1. The number of hydrogen-bond donors (Lipinski definition) is 2. The van der Waals surface area contributed by atoms with Crippen LogP contribution in [0.3, 0.4) is 0 Å². The first kappa shape index (κ1) is 17.3. The number of hydrogen-bond acceptors (Lipinski definition) is 6. The van der Waals surface area contributed by atoms with Crippen molar-refractivity contribution in [3.63, 3.8) is 0 Å². The van der Waals surface area contributed by atoms with Gasteiger partial charge in [0, 0.05) is 12.1 Å². The van der Waals surface area contributed by atoms with Crippen molar-refractivity contribution in [1.29, 1.82) is 0 Å². The molecule has 2 atom stereocenters. The van der Waals surface area contributed by atoms with E-state index in [1.807, 2.05) is 11.4 Å². The molecule has 2 heterocycles. The van der Waals surface area contributed by atoms with E-state index in [-0.39, 0.29) is 30.4 Å². The van der Waals surface area contributed by atoms with Crippen LogP contribution in [0.25, 0.3) is 5.69 Å². The van der Waals surface area contributed by atoms with Gasteiger partial charge in [-0.15, -0.1) is 28.8 Å². The molecule has 2 saturated carbocycles. The lowest BCUT2D eigenvalue weighted by molar-refractivity contribution is 0.0759. The Kier molecular flexibility index (Phi) is 5.17. The average Bonchev–Trinajstić information content (AvgIpc) is 3.18. The summed E-state index contributed by atoms with van der Waals surface area (Å²) in [6, 6.07) is 2.41. The van der Waals surface area contributed by atoms with Crippen LogP contribution in [-0.2, 0) is 0 Å². The number of fused-ring (bicyclic) bond motifs is 2. The number of rotatable bonds is 3. The molecule has 2 aromatic heterocycles. The Labute approximate surface area is 150 Å². The molecule has 2 aliphatic rings. The van der Waals surface area contributed by atoms with Crippen molar-refractivity contribution in [3.05, 3.63) is 22.7 Å². The second kappa shape index (κ2) is 7.16. The molecule has 0 aliphatic heterocycles. The lowest BCUT2D eigenvalue weighted by atomic mass is 9.67. The quantitative estimate of drug-likeness (QED) is 0.860. The van der Waals surface area contributed by atoms with Crippen LogP contribution in [0.15, 0.2) is 17.8 Å². The molecule has 2 unspecified atom stereocenters. The predicted octanol–water partition coefficient (Wildman–Crippen LogP) is 1.78. The summed E-state index contributed by atoms with van der Waals surface area (Å²) < 4.78 is 1.53. The molecule has 7 nitrogen and oxygen atoms in total. The molecular formula is C15H21ClN6OS. The Morgan fingerprint density at radius 3 is 2.75 bits per heavy atom. The Bertz CT molecular complexity index is 676. The van der Waals surface area contributed by atoms with Gasteiger partial charge >= 0.3 is 0 Å². The van der Waals surface area contributed by atoms with Crippen molar-refractivity contribution in [3.8, 4) is 5.69 Å². The van der Waals surface area contributed by atoms with Gasteiger partial charge < -0.3 is 11.1 Å². The van der Waals surface area contributed by atoms with E-state index in [0.717, 1.165) is 18.5 Å². The van der Waals surface area contributed by atoms with Gasteiger partial charge in [-0.2, -0.15) is 4.68 Å². The first-order chi connectivity index (χ1) is 11.2. The number of carbonyl (C=O) groups is 1. The zero-order valence-corrected chi connectivity index (χ0v) is 14.8. The third kappa shape index (κ3) is 3.18. The van der Waals surface area contributed by atoms with Gasteiger partial charge in [-0.05, 0) is 59.4 Å². The van der Waals surface area contributed by atoms with Gasteiger partial charge in [0.2, 0.25) is 0 Å². The maximum absolute atomic E-state index is 12.8. The van der Waals surface area contributed by atoms with Crippen LogP contribution < -0.4 is 11.1 Å². The number of nitrogens with one attached hydrogen (secondary N) is 1. The molecule has 24 heavy (non-hydrogen) atoms. The Balaban J connectivity index is 0.00000169. The maximum atomic E-state index is 12.8. The van der Waals surface area contributed by atoms with E-state index >= 15 is 0 Å². The van der Waals surface area contributed by atoms with Crippen LogP contribution in [0.4, 0.5) is 0 Å². The summed E-state index contributed by atoms with van der Waals surface area (Å²) in [6.45, 7) is 0. The van der Waals surface area contributed by atoms with E-state index in [0.29, 0.717) is 16.7 Å². The predicted molar refractivity (Wildman–Crippen MR) is 93.6 cm³/mol. The standard InChI is InChI=1S/C15H20N6OS.ClH/c16-11-6-9-2-1-3-10(7-11)13(9)18-15(22)14-12(4-5-23-14)21-8-17-19-20-21;/h4-5,8-11,13H,1-3,6-7,16H2,(H,18,22);1H. The lowest BCUT2D eigenvalue weighted by Crippen LogP contribution is -2.53. The smallest absolute Gasteiger partial charge is 0.263 e. The van der Waals surface area contributed by atoms with E-state index in [2.05, 4.69) is 20.8 Å². The monoisotopic (exact) mass is 368 g/mol. The number of thiophene rings is 1. The van der Waals surface area contributed by atoms with Gasteiger partial charge in [0.15, 0.2) is 0 Å². The molecular weight excluding hydrogens is 348 g/mol. The highest BCUT2D eigenvalue weighted by Gasteiger charge is 2.40. The third-order valence-corrected chi connectivity index (χ3v) is 6.02. The minimum atomic E-state index is -0.0251. The summed E-state index contributed by atoms with van der Waals surface area (Å²) in [5.74, 6) is 0.999. The van der Waals surface area contributed by atoms with E-state index in [4.69, 9.17) is 5.73 Å². The number of nitrogens with zero attached hydrogens (tertiary/aromatic N) is 4. The number of halogens is 1. The molecule has 0 radical (unpaired) electrons. The average molecular weight is 369 g/mol. The van der Waals surface area contributed by atoms with Crippen LogP contribution in [0, 0.1) is 11.8 Å². The Morgan fingerprint density at radius 2 is 2.08 bits per heavy atom. The molecule has 9 heteroatoms. The van der Waals surface area contributed by atoms with Gasteiger partial charge in [-0.3, -0.25) is 4.79 Å². The number of amides is 1. The minimum absolute atomic E-state index is 0. The fourth-order valence-electron chi connectivity index (χ4n) is 4.17. The van der Waals surface area contributed by atoms with Crippen LogP contribution >= 0.6 is 23.7 Å². The summed E-state index contributed by atoms with van der Waals surface area (Å²) in [7, 11) is 0. The third-order valence-electron chi connectivity index (χ3n) is 5.12. The highest BCUT2D eigenvalue weighted by molar-refractivity contribution is 7.12. The van der Waals surface area contributed by atoms with Crippen LogP contribution in [0.2, 0.25) is 0 Å². The first-order valence-corrected chi connectivity index (χ1v) is 8.97. The molecule has 0 saturated heterocycles. The largest absolute Gasteiger partial charge is 0.348 e. The van der Waals surface area contributed by atoms with E-state index < -0.39 is 0 Å². The second-order valence-electron chi connectivity index (χ2n) is 6.57. The molecule has 4 rings (SSSR count). The number of aromatic nitrogens is 4. The van der Waals surface area contributed by atoms with Crippen molar-refractivity contribution >= 4 is 29.7 Å². The topological polar surface area (TPSA) is 98.7 Å². The lowest BCUT2D eigenvalue weighted by Gasteiger charge is -2.45. The van der Waals surface area contributed by atoms with Gasteiger partial charge in [0.1, 0.15) is 11.2 Å². The highest BCUT2D eigenvalue weighted by Crippen LogP contribution is 2.40. The van der Waals surface area contributed by atoms with Gasteiger partial charge in [0.05, 0.1) is 5.69 Å². The van der Waals surface area contributed by atoms with E-state index in [1.165, 1.54) is 41.6 Å². The van der Waals surface area contributed by atoms with Crippen LogP contribution in [0.1, 0.15) is 41.8 Å². The molecule has 2 bridgehead atoms. The van der Waals surface area contributed by atoms with E-state index in [1.54, 1.807) is 0 Å². The fourth-order valence-corrected chi connectivity index (χ4v) is 4.95. The van der Waals surface area contributed by atoms with Crippen LogP contribution in [-0.4, -0.2) is 38.2 Å². The van der Waals surface area contributed by atoms with Crippen LogP contribution in [0.5, 0.6) is 0 Å². The first-order valence-electron chi connectivity index (χ1n) is 8.09. The summed E-state index contributed by atoms with van der Waals surface area (Å²) in [6.07, 6.45) is 7.13. The zero-order chi connectivity index (χ0) is 15.8. The second-order valence-corrected chi connectivity index (χ2v) is 7.49. The molecule has 3 N–H and O–H groups in total. The van der Waals surface area contributed by atoms with Crippen molar-refractivity contribution in [1.82, 2.24) is 25.5 Å². The van der Waals surface area contributed by atoms with Gasteiger partial charge in [0.25, 0.3) is 5.91 Å². The maximum Gasteiger partial charge on any atom is 0.263 e. The summed E-state index contributed by atoms with van der Waals surface area (Å²) in [5, 5.41) is 16.3. The SMILES string of the molecule is Cl.NC1CC2CCCC(C1)C2NC(=O)c1sccc1-n1cnnn1. The fraction of sp³-hybridized carbons (Fsp3) is 0.600. The summed E-state index contributed by atoms with van der Waals surface area (Å²) in [4.78, 5) is 13.4. The molecule has 2 fully saturated rings. The Hall–Kier alpha value is -1.51. The van der Waals surface area contributed by atoms with E-state index in [9.17, 15) is 4.79 Å². The number of tetrazole rings is 1. The number of nitrogens with two attached hydrogens (primary N) is 1. The molecule has 0 spiro atoms. The Morgan fingerprint density at radius 1 is 1.33 bits per heavy atom. The van der Waals surface area contributed by atoms with Crippen molar-refractivity contribution in [2.75, 3.05) is 0 Å². The highest BCUT2D eigenvalue weighted by atomic mass is 35.5. The summed E-state index contributed by atoms with van der Waals surface area (Å²) >= 11 is 1.42. The molecule has 0 aromatic carbocycles. The van der Waals surface area contributed by atoms with Gasteiger partial charge in [-0.1, -0.05) is 6.42 Å². The summed E-state index contributed by atoms with van der Waals surface area (Å²) in [5.41, 5.74) is 6.90. The molecule has 2 aliphatic carbocycles. The van der Waals surface area contributed by atoms with Crippen molar-refractivity contribution in [2.45, 2.75) is 44.2 Å². The van der Waals surface area contributed by atoms with Crippen molar-refractivity contribution < 1.29 is 4.79 Å². The molecule has 1 amide bonds. The molecule has 130 valence electrons. The normalized spacial score (nSPS) is 28.9.